The van der Waals surface area contributed by atoms with Crippen LogP contribution in [-0.2, 0) is 18.9 Å². The lowest BCUT2D eigenvalue weighted by atomic mass is 9.66. The average molecular weight is 580 g/mol. The van der Waals surface area contributed by atoms with Crippen LogP contribution in [0.5, 0.6) is 23.0 Å². The van der Waals surface area contributed by atoms with E-state index in [4.69, 9.17) is 25.8 Å². The van der Waals surface area contributed by atoms with Crippen LogP contribution in [0.15, 0.2) is 51.2 Å². The first-order chi connectivity index (χ1) is 19.5. The molecule has 3 atom stereocenters. The number of phenols is 1. The number of rotatable bonds is 3. The third-order valence-electron chi connectivity index (χ3n) is 8.28. The minimum atomic E-state index is -2.01. The molecule has 0 bridgehead atoms. The number of halogens is 1. The second-order valence-corrected chi connectivity index (χ2v) is 10.8. The van der Waals surface area contributed by atoms with Gasteiger partial charge in [0.1, 0.15) is 33.7 Å². The molecule has 3 heterocycles. The number of aromatic nitrogens is 2. The minimum Gasteiger partial charge on any atom is -0.508 e. The van der Waals surface area contributed by atoms with Crippen molar-refractivity contribution in [1.82, 2.24) is 9.13 Å². The van der Waals surface area contributed by atoms with E-state index in [9.17, 15) is 24.3 Å². The summed E-state index contributed by atoms with van der Waals surface area (Å²) in [4.78, 5) is 55.5. The third-order valence-corrected chi connectivity index (χ3v) is 8.64. The fourth-order valence-electron chi connectivity index (χ4n) is 6.23. The second kappa shape index (κ2) is 9.00. The number of carbonyl (C=O) groups excluding carboxylic acids is 2. The molecule has 1 aromatic heterocycles. The molecule has 212 valence electrons. The van der Waals surface area contributed by atoms with Crippen molar-refractivity contribution in [2.75, 3.05) is 19.5 Å². The summed E-state index contributed by atoms with van der Waals surface area (Å²) in [6.07, 6.45) is 0.163. The Kier molecular flexibility index (Phi) is 5.86. The molecule has 3 aliphatic rings. The molecule has 0 amide bonds. The summed E-state index contributed by atoms with van der Waals surface area (Å²) in [6.45, 7) is 1.71. The molecule has 0 saturated carbocycles. The predicted octanol–water partition coefficient (Wildman–Crippen LogP) is 2.89. The number of hydrogen-bond donors (Lipinski definition) is 2. The van der Waals surface area contributed by atoms with Crippen molar-refractivity contribution >= 4 is 29.0 Å². The van der Waals surface area contributed by atoms with Crippen LogP contribution in [-0.4, -0.2) is 45.6 Å². The van der Waals surface area contributed by atoms with Crippen LogP contribution in [0.2, 0.25) is 5.02 Å². The van der Waals surface area contributed by atoms with Crippen molar-refractivity contribution in [2.24, 2.45) is 20.0 Å². The molecule has 11 nitrogen and oxygen atoms in total. The summed E-state index contributed by atoms with van der Waals surface area (Å²) >= 11 is 6.57. The van der Waals surface area contributed by atoms with Crippen LogP contribution in [0.25, 0.3) is 0 Å². The number of allylic oxidation sites excluding steroid dienone is 1. The molecule has 12 heteroatoms. The van der Waals surface area contributed by atoms with Gasteiger partial charge in [-0.3, -0.25) is 23.5 Å². The van der Waals surface area contributed by atoms with E-state index in [0.717, 1.165) is 4.57 Å². The van der Waals surface area contributed by atoms with Crippen LogP contribution in [0.4, 0.5) is 5.82 Å². The van der Waals surface area contributed by atoms with Gasteiger partial charge in [-0.15, -0.1) is 0 Å². The van der Waals surface area contributed by atoms with Gasteiger partial charge < -0.3 is 24.6 Å². The van der Waals surface area contributed by atoms with Crippen molar-refractivity contribution in [1.29, 1.82) is 0 Å². The Morgan fingerprint density at radius 3 is 2.41 bits per heavy atom. The smallest absolute Gasteiger partial charge is 0.332 e. The largest absolute Gasteiger partial charge is 0.508 e. The number of aromatic hydroxyl groups is 1. The Morgan fingerprint density at radius 2 is 1.76 bits per heavy atom. The van der Waals surface area contributed by atoms with E-state index in [1.807, 2.05) is 0 Å². The van der Waals surface area contributed by atoms with Gasteiger partial charge in [-0.05, 0) is 24.1 Å². The zero-order chi connectivity index (χ0) is 29.5. The van der Waals surface area contributed by atoms with Gasteiger partial charge in [0, 0.05) is 43.3 Å². The number of hydrogen-bond acceptors (Lipinski definition) is 9. The maximum absolute atomic E-state index is 14.8. The zero-order valence-corrected chi connectivity index (χ0v) is 23.6. The van der Waals surface area contributed by atoms with Crippen LogP contribution < -0.4 is 30.8 Å². The maximum atomic E-state index is 14.8. The van der Waals surface area contributed by atoms with Crippen molar-refractivity contribution < 1.29 is 28.9 Å². The van der Waals surface area contributed by atoms with Crippen LogP contribution in [0.3, 0.4) is 0 Å². The topological polar surface area (TPSA) is 138 Å². The van der Waals surface area contributed by atoms with Gasteiger partial charge in [-0.1, -0.05) is 30.7 Å². The highest BCUT2D eigenvalue weighted by molar-refractivity contribution is 6.36. The highest BCUT2D eigenvalue weighted by Crippen LogP contribution is 2.56. The van der Waals surface area contributed by atoms with Crippen molar-refractivity contribution in [3.63, 3.8) is 0 Å². The average Bonchev–Trinajstić information content (AvgIpc) is 3.27. The standard InChI is InChI=1S/C29H26ClN3O8/c1-12-9-15-19(24(35)29(12)25(36)20-16(39-4)11-17(40-5)22(30)23(20)41-29)18(13-7-6-8-14(34)10-13)21-26(31-15)32(2)28(38)33(3)27(21)37/h6-8,10-12,18,31,34H,9H2,1-5H3/t12-,18?,29+/m1/s1. The second-order valence-electron chi connectivity index (χ2n) is 10.4. The monoisotopic (exact) mass is 579 g/mol. The van der Waals surface area contributed by atoms with E-state index in [2.05, 4.69) is 5.32 Å². The maximum Gasteiger partial charge on any atom is 0.332 e. The molecule has 6 rings (SSSR count). The number of ether oxygens (including phenoxy) is 3. The van der Waals surface area contributed by atoms with Gasteiger partial charge in [-0.25, -0.2) is 4.79 Å². The van der Waals surface area contributed by atoms with Gasteiger partial charge in [0.25, 0.3) is 5.56 Å². The van der Waals surface area contributed by atoms with Gasteiger partial charge >= 0.3 is 5.69 Å². The number of Topliss-reactive ketones (excluding diaryl/α,β-unsaturated/α-hetero) is 2. The highest BCUT2D eigenvalue weighted by Gasteiger charge is 2.63. The number of benzene rings is 2. The fourth-order valence-corrected chi connectivity index (χ4v) is 6.49. The van der Waals surface area contributed by atoms with Crippen LogP contribution >= 0.6 is 11.6 Å². The summed E-state index contributed by atoms with van der Waals surface area (Å²) in [7, 11) is 5.66. The Balaban J connectivity index is 1.62. The number of fused-ring (bicyclic) bond motifs is 2. The van der Waals surface area contributed by atoms with E-state index in [-0.39, 0.29) is 57.0 Å². The summed E-state index contributed by atoms with van der Waals surface area (Å²) in [5, 5.41) is 13.5. The van der Waals surface area contributed by atoms with E-state index >= 15 is 0 Å². The van der Waals surface area contributed by atoms with E-state index < -0.39 is 40.3 Å². The number of anilines is 1. The van der Waals surface area contributed by atoms with Gasteiger partial charge in [-0.2, -0.15) is 0 Å². The molecule has 3 aromatic rings. The molecule has 1 spiro atoms. The lowest BCUT2D eigenvalue weighted by Gasteiger charge is -2.42. The Morgan fingerprint density at radius 1 is 1.05 bits per heavy atom. The van der Waals surface area contributed by atoms with Crippen molar-refractivity contribution in [2.45, 2.75) is 24.9 Å². The fraction of sp³-hybridized carbons (Fsp3) is 0.310. The lowest BCUT2D eigenvalue weighted by molar-refractivity contribution is -0.130. The Bertz CT molecular complexity index is 1860. The number of phenolic OH excluding ortho intramolecular Hbond substituents is 1. The number of nitrogens with one attached hydrogen (secondary N) is 1. The number of nitrogens with zero attached hydrogens (tertiary/aromatic N) is 2. The first kappa shape index (κ1) is 26.7. The van der Waals surface area contributed by atoms with E-state index in [0.29, 0.717) is 11.3 Å². The third kappa shape index (κ3) is 3.38. The molecular formula is C29H26ClN3O8. The highest BCUT2D eigenvalue weighted by atomic mass is 35.5. The van der Waals surface area contributed by atoms with E-state index in [1.54, 1.807) is 19.1 Å². The normalized spacial score (nSPS) is 22.6. The van der Waals surface area contributed by atoms with Crippen molar-refractivity contribution in [3.8, 4) is 23.0 Å². The summed E-state index contributed by atoms with van der Waals surface area (Å²) < 4.78 is 19.3. The molecular weight excluding hydrogens is 554 g/mol. The van der Waals surface area contributed by atoms with Gasteiger partial charge in [0.15, 0.2) is 5.75 Å². The first-order valence-corrected chi connectivity index (χ1v) is 13.2. The number of methoxy groups -OCH3 is 2. The molecule has 2 aromatic carbocycles. The molecule has 0 fully saturated rings. The summed E-state index contributed by atoms with van der Waals surface area (Å²) in [5.74, 6) is -2.51. The molecule has 0 radical (unpaired) electrons. The molecule has 1 unspecified atom stereocenters. The summed E-state index contributed by atoms with van der Waals surface area (Å²) in [6, 6.07) is 7.64. The number of carbonyl (C=O) groups is 2. The van der Waals surface area contributed by atoms with E-state index in [1.165, 1.54) is 51.1 Å². The first-order valence-electron chi connectivity index (χ1n) is 12.8. The SMILES string of the molecule is COc1cc(OC)c2c(c1Cl)O[C@@]1(C(=O)C3=C(C[C@H]1C)Nc1c(c(=O)n(C)c(=O)n1C)C3c1cccc(O)c1)C2=O. The van der Waals surface area contributed by atoms with Crippen LogP contribution in [0.1, 0.15) is 40.7 Å². The molecule has 0 saturated heterocycles. The minimum absolute atomic E-state index is 0.0199. The predicted molar refractivity (Wildman–Crippen MR) is 149 cm³/mol. The van der Waals surface area contributed by atoms with Crippen molar-refractivity contribution in [3.05, 3.63) is 84.2 Å². The quantitative estimate of drug-likeness (QED) is 0.448. The molecule has 41 heavy (non-hydrogen) atoms. The van der Waals surface area contributed by atoms with Gasteiger partial charge in [0.2, 0.25) is 17.2 Å². The van der Waals surface area contributed by atoms with Gasteiger partial charge in [0.05, 0.1) is 19.8 Å². The Labute approximate surface area is 238 Å². The Hall–Kier alpha value is -4.51. The summed E-state index contributed by atoms with van der Waals surface area (Å²) in [5.41, 5.74) is -2.03. The lowest BCUT2D eigenvalue weighted by Crippen LogP contribution is -2.58. The zero-order valence-electron chi connectivity index (χ0n) is 22.8. The molecule has 1 aliphatic carbocycles. The van der Waals surface area contributed by atoms with Crippen LogP contribution in [0, 0.1) is 5.92 Å². The number of ketones is 2. The molecule has 2 aliphatic heterocycles. The molecule has 2 N–H and O–H groups in total.